The monoisotopic (exact) mass is 531 g/mol. The van der Waals surface area contributed by atoms with Crippen LogP contribution in [0.4, 0.5) is 34.9 Å². The second kappa shape index (κ2) is 11.9. The third-order valence-electron chi connectivity index (χ3n) is 6.44. The van der Waals surface area contributed by atoms with E-state index in [0.29, 0.717) is 23.4 Å². The number of rotatable bonds is 9. The van der Waals surface area contributed by atoms with Crippen LogP contribution in [0.3, 0.4) is 0 Å². The molecule has 10 nitrogen and oxygen atoms in total. The van der Waals surface area contributed by atoms with Crippen molar-refractivity contribution in [2.24, 2.45) is 5.41 Å². The summed E-state index contributed by atoms with van der Waals surface area (Å²) in [5, 5.41) is 13.2. The van der Waals surface area contributed by atoms with E-state index in [4.69, 9.17) is 9.97 Å². The molecule has 1 aliphatic heterocycles. The van der Waals surface area contributed by atoms with Crippen LogP contribution in [-0.4, -0.2) is 67.7 Å². The molecule has 1 atom stereocenters. The second-order valence-electron chi connectivity index (χ2n) is 11.6. The number of hydrogen-bond acceptors (Lipinski definition) is 9. The van der Waals surface area contributed by atoms with Gasteiger partial charge in [-0.3, -0.25) is 4.79 Å². The van der Waals surface area contributed by atoms with Gasteiger partial charge >= 0.3 is 0 Å². The van der Waals surface area contributed by atoms with E-state index in [9.17, 15) is 4.79 Å². The Hall–Kier alpha value is -3.92. The van der Waals surface area contributed by atoms with Crippen molar-refractivity contribution in [3.8, 4) is 0 Å². The Kier molecular flexibility index (Phi) is 8.54. The van der Waals surface area contributed by atoms with E-state index in [2.05, 4.69) is 47.0 Å². The van der Waals surface area contributed by atoms with Crippen LogP contribution in [0.5, 0.6) is 0 Å². The van der Waals surface area contributed by atoms with Crippen molar-refractivity contribution in [2.45, 2.75) is 40.2 Å². The molecular formula is C29H41N9O. The molecule has 0 unspecified atom stereocenters. The Bertz CT molecular complexity index is 1300. The van der Waals surface area contributed by atoms with Crippen LogP contribution >= 0.6 is 0 Å². The number of aryl methyl sites for hydroxylation is 1. The molecule has 10 heteroatoms. The van der Waals surface area contributed by atoms with E-state index in [-0.39, 0.29) is 17.4 Å². The van der Waals surface area contributed by atoms with Gasteiger partial charge in [-0.05, 0) is 61.2 Å². The first-order chi connectivity index (χ1) is 18.5. The number of amides is 1. The van der Waals surface area contributed by atoms with Gasteiger partial charge in [0, 0.05) is 62.9 Å². The predicted octanol–water partition coefficient (Wildman–Crippen LogP) is 4.50. The Morgan fingerprint density at radius 3 is 2.51 bits per heavy atom. The Morgan fingerprint density at radius 2 is 1.82 bits per heavy atom. The summed E-state index contributed by atoms with van der Waals surface area (Å²) in [5.41, 5.74) is 4.09. The van der Waals surface area contributed by atoms with Gasteiger partial charge in [-0.1, -0.05) is 32.9 Å². The van der Waals surface area contributed by atoms with Crippen molar-refractivity contribution in [2.75, 3.05) is 66.5 Å². The number of aromatic nitrogens is 3. The number of carbonyl (C=O) groups excluding carboxylic acids is 1. The molecule has 4 N–H and O–H groups in total. The zero-order valence-corrected chi connectivity index (χ0v) is 24.1. The highest BCUT2D eigenvalue weighted by molar-refractivity contribution is 6.05. The van der Waals surface area contributed by atoms with Gasteiger partial charge in [0.1, 0.15) is 0 Å². The number of nitrogens with one attached hydrogen (secondary N) is 4. The number of anilines is 6. The summed E-state index contributed by atoms with van der Waals surface area (Å²) >= 11 is 0. The van der Waals surface area contributed by atoms with Gasteiger partial charge in [0.15, 0.2) is 0 Å². The second-order valence-corrected chi connectivity index (χ2v) is 11.6. The maximum atomic E-state index is 13.1. The first kappa shape index (κ1) is 28.1. The summed E-state index contributed by atoms with van der Waals surface area (Å²) < 4.78 is 0. The van der Waals surface area contributed by atoms with Crippen LogP contribution in [-0.2, 0) is 0 Å². The predicted molar refractivity (Wildman–Crippen MR) is 161 cm³/mol. The smallest absolute Gasteiger partial charge is 0.255 e. The average Bonchev–Trinajstić information content (AvgIpc) is 3.37. The number of carbonyl (C=O) groups is 1. The van der Waals surface area contributed by atoms with Crippen LogP contribution in [0.1, 0.15) is 43.1 Å². The molecule has 0 radical (unpaired) electrons. The molecule has 2 heterocycles. The summed E-state index contributed by atoms with van der Waals surface area (Å²) in [6, 6.07) is 13.6. The lowest BCUT2D eigenvalue weighted by molar-refractivity contribution is 0.102. The van der Waals surface area contributed by atoms with E-state index < -0.39 is 0 Å². The number of hydrogen-bond donors (Lipinski definition) is 4. The molecule has 1 amide bonds. The van der Waals surface area contributed by atoms with Crippen molar-refractivity contribution < 1.29 is 4.79 Å². The zero-order valence-electron chi connectivity index (χ0n) is 24.1. The van der Waals surface area contributed by atoms with Crippen LogP contribution in [0.25, 0.3) is 0 Å². The Morgan fingerprint density at radius 1 is 1.05 bits per heavy atom. The first-order valence-electron chi connectivity index (χ1n) is 13.4. The molecule has 0 aliphatic carbocycles. The lowest BCUT2D eigenvalue weighted by Crippen LogP contribution is -2.31. The molecule has 3 aromatic rings. The SMILES string of the molecule is Cc1ccc(C(=O)Nc2cccc(N(C)C)c2)cc1Nc1nc(N[C@@H]2CCNC2)nc(N(C)CC(C)(C)C)n1. The highest BCUT2D eigenvalue weighted by Crippen LogP contribution is 2.25. The summed E-state index contributed by atoms with van der Waals surface area (Å²) in [6.07, 6.45) is 1.01. The molecule has 208 valence electrons. The molecule has 1 fully saturated rings. The van der Waals surface area contributed by atoms with Crippen LogP contribution in [0.15, 0.2) is 42.5 Å². The fourth-order valence-corrected chi connectivity index (χ4v) is 4.48. The molecule has 4 rings (SSSR count). The van der Waals surface area contributed by atoms with E-state index in [1.54, 1.807) is 0 Å². The van der Waals surface area contributed by atoms with Crippen molar-refractivity contribution in [3.63, 3.8) is 0 Å². The van der Waals surface area contributed by atoms with Gasteiger partial charge in [-0.15, -0.1) is 0 Å². The third-order valence-corrected chi connectivity index (χ3v) is 6.44. The summed E-state index contributed by atoms with van der Waals surface area (Å²) in [5.74, 6) is 1.35. The normalized spacial score (nSPS) is 15.1. The number of benzene rings is 2. The maximum Gasteiger partial charge on any atom is 0.255 e. The average molecular weight is 532 g/mol. The molecule has 2 aromatic carbocycles. The highest BCUT2D eigenvalue weighted by Gasteiger charge is 2.20. The summed E-state index contributed by atoms with van der Waals surface area (Å²) in [4.78, 5) is 31.3. The molecule has 39 heavy (non-hydrogen) atoms. The lowest BCUT2D eigenvalue weighted by Gasteiger charge is -2.27. The number of nitrogens with zero attached hydrogens (tertiary/aromatic N) is 5. The molecule has 1 saturated heterocycles. The van der Waals surface area contributed by atoms with Gasteiger partial charge in [-0.25, -0.2) is 0 Å². The fourth-order valence-electron chi connectivity index (χ4n) is 4.48. The van der Waals surface area contributed by atoms with E-state index in [1.165, 1.54) is 0 Å². The zero-order chi connectivity index (χ0) is 28.2. The quantitative estimate of drug-likeness (QED) is 0.317. The maximum absolute atomic E-state index is 13.1. The van der Waals surface area contributed by atoms with Gasteiger partial charge in [-0.2, -0.15) is 15.0 Å². The van der Waals surface area contributed by atoms with Crippen LogP contribution < -0.4 is 31.1 Å². The molecule has 1 aliphatic rings. The standard InChI is InChI=1S/C29H41N9O/c1-19-11-12-20(25(39)31-21-9-8-10-23(16-21)37(5)6)15-24(19)33-27-34-26(32-22-13-14-30-17-22)35-28(36-27)38(7)18-29(2,3)4/h8-12,15-16,22,30H,13-14,17-18H2,1-7H3,(H,31,39)(H2,32,33,34,35,36)/t22-/m1/s1. The molecule has 0 saturated carbocycles. The topological polar surface area (TPSA) is 110 Å². The van der Waals surface area contributed by atoms with Gasteiger partial charge in [0.25, 0.3) is 5.91 Å². The Labute approximate surface area is 231 Å². The molecular weight excluding hydrogens is 490 g/mol. The van der Waals surface area contributed by atoms with E-state index in [0.717, 1.165) is 48.7 Å². The van der Waals surface area contributed by atoms with Crippen molar-refractivity contribution in [1.29, 1.82) is 0 Å². The summed E-state index contributed by atoms with van der Waals surface area (Å²) in [7, 11) is 5.93. The fraction of sp³-hybridized carbons (Fsp3) is 0.448. The lowest BCUT2D eigenvalue weighted by atomic mass is 9.96. The van der Waals surface area contributed by atoms with E-state index in [1.807, 2.05) is 80.3 Å². The van der Waals surface area contributed by atoms with Crippen molar-refractivity contribution in [3.05, 3.63) is 53.6 Å². The van der Waals surface area contributed by atoms with Crippen LogP contribution in [0, 0.1) is 12.3 Å². The molecule has 0 bridgehead atoms. The largest absolute Gasteiger partial charge is 0.378 e. The van der Waals surface area contributed by atoms with Gasteiger partial charge in [0.05, 0.1) is 0 Å². The van der Waals surface area contributed by atoms with Crippen molar-refractivity contribution >= 4 is 40.8 Å². The van der Waals surface area contributed by atoms with E-state index >= 15 is 0 Å². The first-order valence-corrected chi connectivity index (χ1v) is 13.4. The minimum atomic E-state index is -0.189. The minimum Gasteiger partial charge on any atom is -0.378 e. The molecule has 1 aromatic heterocycles. The van der Waals surface area contributed by atoms with Gasteiger partial charge < -0.3 is 31.1 Å². The van der Waals surface area contributed by atoms with Crippen LogP contribution in [0.2, 0.25) is 0 Å². The van der Waals surface area contributed by atoms with Gasteiger partial charge in [0.2, 0.25) is 17.8 Å². The van der Waals surface area contributed by atoms with Crippen molar-refractivity contribution in [1.82, 2.24) is 20.3 Å². The Balaban J connectivity index is 1.58. The highest BCUT2D eigenvalue weighted by atomic mass is 16.1. The summed E-state index contributed by atoms with van der Waals surface area (Å²) in [6.45, 7) is 11.2. The third kappa shape index (κ3) is 7.79. The minimum absolute atomic E-state index is 0.0717. The molecule has 0 spiro atoms.